The average molecular weight is 193 g/mol. The van der Waals surface area contributed by atoms with Crippen molar-refractivity contribution in [3.63, 3.8) is 0 Å². The van der Waals surface area contributed by atoms with Gasteiger partial charge in [-0.3, -0.25) is 0 Å². The van der Waals surface area contributed by atoms with Gasteiger partial charge in [-0.15, -0.1) is 0 Å². The monoisotopic (exact) mass is 193 g/mol. The van der Waals surface area contributed by atoms with E-state index in [9.17, 15) is 0 Å². The predicted octanol–water partition coefficient (Wildman–Crippen LogP) is 2.67. The van der Waals surface area contributed by atoms with Crippen LogP contribution in [0.3, 0.4) is 0 Å². The fourth-order valence-corrected chi connectivity index (χ4v) is 1.56. The second-order valence-electron chi connectivity index (χ2n) is 3.19. The lowest BCUT2D eigenvalue weighted by Gasteiger charge is -2.05. The molecule has 1 unspecified atom stereocenters. The Morgan fingerprint density at radius 3 is 2.71 bits per heavy atom. The minimum atomic E-state index is 0.376. The fourth-order valence-electron chi connectivity index (χ4n) is 1.56. The molecule has 0 saturated carbocycles. The first-order valence-electron chi connectivity index (χ1n) is 5.22. The SMILES string of the molecule is CC.CNC1COc2cc(C)ccc21. The number of aryl methyl sites for hydroxylation is 1. The van der Waals surface area contributed by atoms with Crippen molar-refractivity contribution in [3.8, 4) is 5.75 Å². The van der Waals surface area contributed by atoms with Crippen molar-refractivity contribution < 1.29 is 4.74 Å². The van der Waals surface area contributed by atoms with Crippen molar-refractivity contribution in [2.24, 2.45) is 0 Å². The summed E-state index contributed by atoms with van der Waals surface area (Å²) in [5, 5.41) is 3.21. The minimum Gasteiger partial charge on any atom is -0.491 e. The number of ether oxygens (including phenoxy) is 1. The summed E-state index contributed by atoms with van der Waals surface area (Å²) >= 11 is 0. The van der Waals surface area contributed by atoms with Gasteiger partial charge in [-0.2, -0.15) is 0 Å². The van der Waals surface area contributed by atoms with Gasteiger partial charge in [-0.1, -0.05) is 26.0 Å². The highest BCUT2D eigenvalue weighted by Crippen LogP contribution is 2.32. The second kappa shape index (κ2) is 5.01. The van der Waals surface area contributed by atoms with Crippen molar-refractivity contribution >= 4 is 0 Å². The van der Waals surface area contributed by atoms with Gasteiger partial charge in [-0.05, 0) is 25.6 Å². The van der Waals surface area contributed by atoms with Crippen LogP contribution in [0.2, 0.25) is 0 Å². The molecule has 1 aliphatic heterocycles. The molecule has 0 bridgehead atoms. The first kappa shape index (κ1) is 11.1. The second-order valence-corrected chi connectivity index (χ2v) is 3.19. The highest BCUT2D eigenvalue weighted by molar-refractivity contribution is 5.41. The van der Waals surface area contributed by atoms with Gasteiger partial charge in [0.25, 0.3) is 0 Å². The van der Waals surface area contributed by atoms with Crippen LogP contribution >= 0.6 is 0 Å². The summed E-state index contributed by atoms with van der Waals surface area (Å²) in [4.78, 5) is 0. The Balaban J connectivity index is 0.000000461. The molecule has 1 aliphatic rings. The number of hydrogen-bond donors (Lipinski definition) is 1. The zero-order chi connectivity index (χ0) is 10.6. The summed E-state index contributed by atoms with van der Waals surface area (Å²) in [6.45, 7) is 6.84. The van der Waals surface area contributed by atoms with Crippen LogP contribution in [0.1, 0.15) is 31.0 Å². The molecule has 2 heteroatoms. The fraction of sp³-hybridized carbons (Fsp3) is 0.500. The van der Waals surface area contributed by atoms with Crippen molar-refractivity contribution in [2.75, 3.05) is 13.7 Å². The summed E-state index contributed by atoms with van der Waals surface area (Å²) in [5.74, 6) is 1.04. The van der Waals surface area contributed by atoms with E-state index in [2.05, 4.69) is 30.4 Å². The largest absolute Gasteiger partial charge is 0.491 e. The van der Waals surface area contributed by atoms with Gasteiger partial charge in [0, 0.05) is 5.56 Å². The maximum absolute atomic E-state index is 5.52. The van der Waals surface area contributed by atoms with Crippen LogP contribution in [0.4, 0.5) is 0 Å². The molecule has 0 saturated heterocycles. The molecule has 0 radical (unpaired) electrons. The molecule has 0 spiro atoms. The third-order valence-electron chi connectivity index (χ3n) is 2.30. The van der Waals surface area contributed by atoms with Gasteiger partial charge in [0.1, 0.15) is 12.4 Å². The third kappa shape index (κ3) is 2.07. The van der Waals surface area contributed by atoms with Crippen molar-refractivity contribution in [2.45, 2.75) is 26.8 Å². The molecule has 0 fully saturated rings. The van der Waals surface area contributed by atoms with Crippen LogP contribution in [0, 0.1) is 6.92 Å². The van der Waals surface area contributed by atoms with E-state index in [1.807, 2.05) is 20.9 Å². The van der Waals surface area contributed by atoms with Gasteiger partial charge >= 0.3 is 0 Å². The van der Waals surface area contributed by atoms with E-state index in [0.717, 1.165) is 12.4 Å². The Morgan fingerprint density at radius 2 is 2.07 bits per heavy atom. The average Bonchev–Trinajstić information content (AvgIpc) is 2.62. The highest BCUT2D eigenvalue weighted by Gasteiger charge is 2.21. The third-order valence-corrected chi connectivity index (χ3v) is 2.30. The van der Waals surface area contributed by atoms with Gasteiger partial charge in [0.2, 0.25) is 0 Å². The first-order valence-corrected chi connectivity index (χ1v) is 5.22. The molecule has 1 aromatic carbocycles. The minimum absolute atomic E-state index is 0.376. The zero-order valence-corrected chi connectivity index (χ0v) is 9.42. The van der Waals surface area contributed by atoms with Gasteiger partial charge < -0.3 is 10.1 Å². The van der Waals surface area contributed by atoms with Crippen molar-refractivity contribution in [3.05, 3.63) is 29.3 Å². The smallest absolute Gasteiger partial charge is 0.124 e. The molecular formula is C12H19NO. The van der Waals surface area contributed by atoms with Gasteiger partial charge in [0.05, 0.1) is 6.04 Å². The Bertz CT molecular complexity index is 296. The van der Waals surface area contributed by atoms with E-state index in [4.69, 9.17) is 4.74 Å². The number of nitrogens with one attached hydrogen (secondary N) is 1. The van der Waals surface area contributed by atoms with Crippen LogP contribution in [0.15, 0.2) is 18.2 Å². The zero-order valence-electron chi connectivity index (χ0n) is 9.42. The molecule has 1 atom stereocenters. The number of benzene rings is 1. The number of hydrogen-bond acceptors (Lipinski definition) is 2. The quantitative estimate of drug-likeness (QED) is 0.740. The molecule has 0 aromatic heterocycles. The van der Waals surface area contributed by atoms with Crippen LogP contribution in [-0.2, 0) is 0 Å². The Morgan fingerprint density at radius 1 is 1.36 bits per heavy atom. The molecular weight excluding hydrogens is 174 g/mol. The summed E-state index contributed by atoms with van der Waals surface area (Å²) in [6.07, 6.45) is 0. The molecule has 14 heavy (non-hydrogen) atoms. The van der Waals surface area contributed by atoms with E-state index in [0.29, 0.717) is 6.04 Å². The maximum atomic E-state index is 5.52. The molecule has 1 N–H and O–H groups in total. The van der Waals surface area contributed by atoms with E-state index in [1.54, 1.807) is 0 Å². The molecule has 2 nitrogen and oxygen atoms in total. The van der Waals surface area contributed by atoms with Crippen LogP contribution in [-0.4, -0.2) is 13.7 Å². The molecule has 78 valence electrons. The predicted molar refractivity (Wildman–Crippen MR) is 59.8 cm³/mol. The number of fused-ring (bicyclic) bond motifs is 1. The van der Waals surface area contributed by atoms with Crippen molar-refractivity contribution in [1.29, 1.82) is 0 Å². The highest BCUT2D eigenvalue weighted by atomic mass is 16.5. The Hall–Kier alpha value is -1.02. The Labute approximate surface area is 86.3 Å². The summed E-state index contributed by atoms with van der Waals surface area (Å²) in [6, 6.07) is 6.73. The molecule has 1 aromatic rings. The van der Waals surface area contributed by atoms with Gasteiger partial charge in [-0.25, -0.2) is 0 Å². The first-order chi connectivity index (χ1) is 6.81. The molecule has 1 heterocycles. The van der Waals surface area contributed by atoms with Gasteiger partial charge in [0.15, 0.2) is 0 Å². The van der Waals surface area contributed by atoms with Crippen molar-refractivity contribution in [1.82, 2.24) is 5.32 Å². The number of likely N-dealkylation sites (N-methyl/N-ethyl adjacent to an activating group) is 1. The summed E-state index contributed by atoms with van der Waals surface area (Å²) in [5.41, 5.74) is 2.54. The molecule has 2 rings (SSSR count). The van der Waals surface area contributed by atoms with E-state index < -0.39 is 0 Å². The lowest BCUT2D eigenvalue weighted by Crippen LogP contribution is -2.16. The topological polar surface area (TPSA) is 21.3 Å². The lowest BCUT2D eigenvalue weighted by atomic mass is 10.1. The normalized spacial score (nSPS) is 17.9. The maximum Gasteiger partial charge on any atom is 0.124 e. The van der Waals surface area contributed by atoms with Crippen LogP contribution in [0.25, 0.3) is 0 Å². The van der Waals surface area contributed by atoms with E-state index in [1.165, 1.54) is 11.1 Å². The Kier molecular flexibility index (Phi) is 3.96. The summed E-state index contributed by atoms with van der Waals surface area (Å²) in [7, 11) is 1.96. The van der Waals surface area contributed by atoms with Crippen LogP contribution < -0.4 is 10.1 Å². The standard InChI is InChI=1S/C10H13NO.C2H6/c1-7-3-4-8-9(11-2)6-12-10(8)5-7;1-2/h3-5,9,11H,6H2,1-2H3;1-2H3. The summed E-state index contributed by atoms with van der Waals surface area (Å²) < 4.78 is 5.52. The molecule has 0 amide bonds. The molecule has 0 aliphatic carbocycles. The van der Waals surface area contributed by atoms with E-state index >= 15 is 0 Å². The van der Waals surface area contributed by atoms with Crippen LogP contribution in [0.5, 0.6) is 5.75 Å². The lowest BCUT2D eigenvalue weighted by molar-refractivity contribution is 0.318. The van der Waals surface area contributed by atoms with E-state index in [-0.39, 0.29) is 0 Å². The number of rotatable bonds is 1.